The summed E-state index contributed by atoms with van der Waals surface area (Å²) in [7, 11) is 3.08. The van der Waals surface area contributed by atoms with Gasteiger partial charge in [-0.2, -0.15) is 0 Å². The van der Waals surface area contributed by atoms with Crippen molar-refractivity contribution in [2.24, 2.45) is 0 Å². The van der Waals surface area contributed by atoms with Gasteiger partial charge in [0.25, 0.3) is 5.91 Å². The number of pyridine rings is 1. The highest BCUT2D eigenvalue weighted by molar-refractivity contribution is 6.04. The van der Waals surface area contributed by atoms with Crippen molar-refractivity contribution in [3.8, 4) is 11.5 Å². The summed E-state index contributed by atoms with van der Waals surface area (Å²) in [5.41, 5.74) is 3.16. The Morgan fingerprint density at radius 2 is 1.67 bits per heavy atom. The Morgan fingerprint density at radius 1 is 0.926 bits per heavy atom. The molecule has 27 heavy (non-hydrogen) atoms. The second kappa shape index (κ2) is 8.23. The van der Waals surface area contributed by atoms with Crippen LogP contribution in [-0.4, -0.2) is 25.1 Å². The molecule has 0 fully saturated rings. The topological polar surface area (TPSA) is 72.5 Å². The number of carbonyl (C=O) groups is 1. The van der Waals surface area contributed by atoms with Gasteiger partial charge < -0.3 is 20.1 Å². The van der Waals surface area contributed by atoms with Gasteiger partial charge in [-0.15, -0.1) is 0 Å². The van der Waals surface area contributed by atoms with Gasteiger partial charge >= 0.3 is 0 Å². The Bertz CT molecular complexity index is 917. The van der Waals surface area contributed by atoms with E-state index in [4.69, 9.17) is 9.47 Å². The van der Waals surface area contributed by atoms with E-state index < -0.39 is 0 Å². The Balaban J connectivity index is 1.70. The van der Waals surface area contributed by atoms with E-state index in [0.29, 0.717) is 28.6 Å². The van der Waals surface area contributed by atoms with E-state index in [1.807, 2.05) is 37.3 Å². The Labute approximate surface area is 158 Å². The molecule has 0 aliphatic carbocycles. The highest BCUT2D eigenvalue weighted by Crippen LogP contribution is 2.23. The van der Waals surface area contributed by atoms with E-state index in [1.54, 1.807) is 44.7 Å². The number of aryl methyl sites for hydroxylation is 1. The van der Waals surface area contributed by atoms with Crippen molar-refractivity contribution in [2.75, 3.05) is 24.9 Å². The van der Waals surface area contributed by atoms with Gasteiger partial charge in [0.05, 0.1) is 26.1 Å². The molecule has 2 aromatic carbocycles. The second-order valence-electron chi connectivity index (χ2n) is 5.98. The van der Waals surface area contributed by atoms with Crippen LogP contribution in [-0.2, 0) is 0 Å². The molecule has 1 heterocycles. The lowest BCUT2D eigenvalue weighted by molar-refractivity contribution is 0.102. The number of carbonyl (C=O) groups excluding carboxylic acids is 1. The lowest BCUT2D eigenvalue weighted by atomic mass is 10.2. The summed E-state index contributed by atoms with van der Waals surface area (Å²) < 4.78 is 10.4. The summed E-state index contributed by atoms with van der Waals surface area (Å²) in [5.74, 6) is 1.53. The molecule has 0 unspecified atom stereocenters. The SMILES string of the molecule is COc1cc(OC)cc(C(=O)Nc2ccc(Nc3cccc(C)c3)nc2)c1. The van der Waals surface area contributed by atoms with Gasteiger partial charge in [-0.25, -0.2) is 4.98 Å². The molecule has 138 valence electrons. The first-order chi connectivity index (χ1) is 13.1. The minimum atomic E-state index is -0.270. The molecule has 0 saturated heterocycles. The quantitative estimate of drug-likeness (QED) is 0.679. The highest BCUT2D eigenvalue weighted by atomic mass is 16.5. The van der Waals surface area contributed by atoms with Crippen molar-refractivity contribution in [3.63, 3.8) is 0 Å². The Morgan fingerprint density at radius 3 is 2.26 bits per heavy atom. The maximum absolute atomic E-state index is 12.5. The molecule has 6 heteroatoms. The number of nitrogens with one attached hydrogen (secondary N) is 2. The number of hydrogen-bond donors (Lipinski definition) is 2. The molecule has 1 amide bonds. The predicted molar refractivity (Wildman–Crippen MR) is 106 cm³/mol. The fourth-order valence-electron chi connectivity index (χ4n) is 2.55. The van der Waals surface area contributed by atoms with Crippen LogP contribution >= 0.6 is 0 Å². The highest BCUT2D eigenvalue weighted by Gasteiger charge is 2.10. The molecule has 0 aliphatic heterocycles. The lowest BCUT2D eigenvalue weighted by Crippen LogP contribution is -2.12. The molecule has 0 aliphatic rings. The van der Waals surface area contributed by atoms with Crippen LogP contribution in [0, 0.1) is 6.92 Å². The van der Waals surface area contributed by atoms with Crippen molar-refractivity contribution in [2.45, 2.75) is 6.92 Å². The second-order valence-corrected chi connectivity index (χ2v) is 5.98. The number of aromatic nitrogens is 1. The number of ether oxygens (including phenoxy) is 2. The van der Waals surface area contributed by atoms with E-state index in [9.17, 15) is 4.79 Å². The molecule has 0 saturated carbocycles. The molecule has 0 radical (unpaired) electrons. The number of amides is 1. The van der Waals surface area contributed by atoms with Crippen molar-refractivity contribution < 1.29 is 14.3 Å². The van der Waals surface area contributed by atoms with Gasteiger partial charge in [-0.05, 0) is 48.9 Å². The maximum atomic E-state index is 12.5. The molecule has 3 rings (SSSR count). The van der Waals surface area contributed by atoms with E-state index in [0.717, 1.165) is 11.3 Å². The number of benzene rings is 2. The lowest BCUT2D eigenvalue weighted by Gasteiger charge is -2.10. The first-order valence-electron chi connectivity index (χ1n) is 8.41. The minimum absolute atomic E-state index is 0.270. The number of methoxy groups -OCH3 is 2. The molecular formula is C21H21N3O3. The summed E-state index contributed by atoms with van der Waals surface area (Å²) in [4.78, 5) is 16.8. The largest absolute Gasteiger partial charge is 0.497 e. The number of hydrogen-bond acceptors (Lipinski definition) is 5. The minimum Gasteiger partial charge on any atom is -0.497 e. The zero-order valence-corrected chi connectivity index (χ0v) is 15.4. The molecule has 6 nitrogen and oxygen atoms in total. The fraction of sp³-hybridized carbons (Fsp3) is 0.143. The zero-order valence-electron chi connectivity index (χ0n) is 15.4. The monoisotopic (exact) mass is 363 g/mol. The van der Waals surface area contributed by atoms with E-state index >= 15 is 0 Å². The van der Waals surface area contributed by atoms with Gasteiger partial charge in [0.1, 0.15) is 17.3 Å². The van der Waals surface area contributed by atoms with Gasteiger partial charge in [0.2, 0.25) is 0 Å². The van der Waals surface area contributed by atoms with E-state index in [1.165, 1.54) is 0 Å². The first-order valence-corrected chi connectivity index (χ1v) is 8.41. The van der Waals surface area contributed by atoms with Crippen LogP contribution in [0.15, 0.2) is 60.8 Å². The summed E-state index contributed by atoms with van der Waals surface area (Å²) >= 11 is 0. The third-order valence-corrected chi connectivity index (χ3v) is 3.93. The summed E-state index contributed by atoms with van der Waals surface area (Å²) in [6, 6.07) is 16.6. The average molecular weight is 363 g/mol. The van der Waals surface area contributed by atoms with Gasteiger partial charge in [0, 0.05) is 17.3 Å². The summed E-state index contributed by atoms with van der Waals surface area (Å²) in [5, 5.41) is 6.05. The summed E-state index contributed by atoms with van der Waals surface area (Å²) in [6.07, 6.45) is 1.60. The third-order valence-electron chi connectivity index (χ3n) is 3.93. The number of rotatable bonds is 6. The van der Waals surface area contributed by atoms with Crippen molar-refractivity contribution in [3.05, 3.63) is 71.9 Å². The zero-order chi connectivity index (χ0) is 19.2. The standard InChI is InChI=1S/C21H21N3O3/c1-14-5-4-6-16(9-14)23-20-8-7-17(13-22-20)24-21(25)15-10-18(26-2)12-19(11-15)27-3/h4-13H,1-3H3,(H,22,23)(H,24,25). The van der Waals surface area contributed by atoms with Gasteiger partial charge in [-0.3, -0.25) is 4.79 Å². The normalized spacial score (nSPS) is 10.2. The van der Waals surface area contributed by atoms with Crippen LogP contribution in [0.5, 0.6) is 11.5 Å². The predicted octanol–water partition coefficient (Wildman–Crippen LogP) is 4.40. The van der Waals surface area contributed by atoms with Crippen LogP contribution in [0.4, 0.5) is 17.2 Å². The van der Waals surface area contributed by atoms with E-state index in [-0.39, 0.29) is 5.91 Å². The van der Waals surface area contributed by atoms with Crippen LogP contribution < -0.4 is 20.1 Å². The maximum Gasteiger partial charge on any atom is 0.255 e. The molecule has 0 spiro atoms. The van der Waals surface area contributed by atoms with Gasteiger partial charge in [-0.1, -0.05) is 12.1 Å². The molecule has 1 aromatic heterocycles. The van der Waals surface area contributed by atoms with E-state index in [2.05, 4.69) is 15.6 Å². The fourth-order valence-corrected chi connectivity index (χ4v) is 2.55. The van der Waals surface area contributed by atoms with Crippen LogP contribution in [0.1, 0.15) is 15.9 Å². The average Bonchev–Trinajstić information content (AvgIpc) is 2.69. The van der Waals surface area contributed by atoms with Crippen LogP contribution in [0.25, 0.3) is 0 Å². The van der Waals surface area contributed by atoms with Crippen LogP contribution in [0.2, 0.25) is 0 Å². The molecule has 3 aromatic rings. The molecule has 0 atom stereocenters. The molecular weight excluding hydrogens is 342 g/mol. The number of anilines is 3. The van der Waals surface area contributed by atoms with Crippen LogP contribution in [0.3, 0.4) is 0 Å². The van der Waals surface area contributed by atoms with Crippen molar-refractivity contribution in [1.29, 1.82) is 0 Å². The Kier molecular flexibility index (Phi) is 5.56. The molecule has 0 bridgehead atoms. The van der Waals surface area contributed by atoms with Crippen molar-refractivity contribution in [1.82, 2.24) is 4.98 Å². The van der Waals surface area contributed by atoms with Gasteiger partial charge in [0.15, 0.2) is 0 Å². The first kappa shape index (κ1) is 18.3. The smallest absolute Gasteiger partial charge is 0.255 e. The third kappa shape index (κ3) is 4.76. The summed E-state index contributed by atoms with van der Waals surface area (Å²) in [6.45, 7) is 2.03. The molecule has 2 N–H and O–H groups in total. The number of nitrogens with zero attached hydrogens (tertiary/aromatic N) is 1. The Hall–Kier alpha value is -3.54. The van der Waals surface area contributed by atoms with Crippen molar-refractivity contribution >= 4 is 23.1 Å².